The summed E-state index contributed by atoms with van der Waals surface area (Å²) in [4.78, 5) is 18.0. The summed E-state index contributed by atoms with van der Waals surface area (Å²) < 4.78 is 13.6. The van der Waals surface area contributed by atoms with E-state index in [1.165, 1.54) is 0 Å². The normalized spacial score (nSPS) is 16.6. The zero-order valence-electron chi connectivity index (χ0n) is 20.9. The summed E-state index contributed by atoms with van der Waals surface area (Å²) in [6.45, 7) is 2.48. The molecule has 1 aliphatic carbocycles. The van der Waals surface area contributed by atoms with E-state index >= 15 is 0 Å². The summed E-state index contributed by atoms with van der Waals surface area (Å²) in [7, 11) is 1.63. The highest BCUT2D eigenvalue weighted by Crippen LogP contribution is 2.42. The van der Waals surface area contributed by atoms with Crippen molar-refractivity contribution in [3.63, 3.8) is 0 Å². The second kappa shape index (κ2) is 9.58. The number of ether oxygens (including phenoxy) is 2. The smallest absolute Gasteiger partial charge is 0.226 e. The number of nitrogens with zero attached hydrogens (tertiary/aromatic N) is 3. The molecule has 1 unspecified atom stereocenters. The lowest BCUT2D eigenvalue weighted by Gasteiger charge is -2.32. The first-order valence-electron chi connectivity index (χ1n) is 12.5. The summed E-state index contributed by atoms with van der Waals surface area (Å²) in [6.07, 6.45) is 2.16. The van der Waals surface area contributed by atoms with Gasteiger partial charge in [0.15, 0.2) is 23.1 Å². The van der Waals surface area contributed by atoms with Gasteiger partial charge in [-0.25, -0.2) is 4.68 Å². The van der Waals surface area contributed by atoms with Crippen LogP contribution in [0.3, 0.4) is 0 Å². The van der Waals surface area contributed by atoms with Gasteiger partial charge in [-0.2, -0.15) is 4.98 Å². The number of carbonyl (C=O) groups is 1. The average molecular weight is 493 g/mol. The zero-order chi connectivity index (χ0) is 25.4. The molecule has 6 rings (SSSR count). The fourth-order valence-electron chi connectivity index (χ4n) is 5.08. The van der Waals surface area contributed by atoms with Crippen molar-refractivity contribution in [1.82, 2.24) is 14.8 Å². The molecule has 7 nitrogen and oxygen atoms in total. The maximum atomic E-state index is 13.2. The minimum absolute atomic E-state index is 0.139. The minimum Gasteiger partial charge on any atom is -0.493 e. The van der Waals surface area contributed by atoms with Crippen LogP contribution in [-0.2, 0) is 11.4 Å². The topological polar surface area (TPSA) is 78.3 Å². The molecule has 0 saturated carbocycles. The third-order valence-corrected chi connectivity index (χ3v) is 6.88. The van der Waals surface area contributed by atoms with Gasteiger partial charge in [-0.15, -0.1) is 5.10 Å². The summed E-state index contributed by atoms with van der Waals surface area (Å²) in [6, 6.07) is 23.6. The third-order valence-electron chi connectivity index (χ3n) is 6.88. The van der Waals surface area contributed by atoms with Crippen LogP contribution < -0.4 is 14.8 Å². The van der Waals surface area contributed by atoms with Gasteiger partial charge in [0.25, 0.3) is 0 Å². The van der Waals surface area contributed by atoms with Crippen LogP contribution in [0.4, 0.5) is 5.95 Å². The van der Waals surface area contributed by atoms with Crippen molar-refractivity contribution < 1.29 is 14.3 Å². The van der Waals surface area contributed by atoms with Crippen LogP contribution in [0.1, 0.15) is 42.0 Å². The fraction of sp³-hybridized carbons (Fsp3) is 0.233. The summed E-state index contributed by atoms with van der Waals surface area (Å²) in [5, 5.41) is 8.29. The van der Waals surface area contributed by atoms with Crippen LogP contribution in [0.5, 0.6) is 11.5 Å². The van der Waals surface area contributed by atoms with Crippen molar-refractivity contribution in [3.05, 3.63) is 101 Å². The average Bonchev–Trinajstić information content (AvgIpc) is 3.35. The Morgan fingerprint density at radius 3 is 2.68 bits per heavy atom. The number of fused-ring (bicyclic) bond motifs is 1. The molecule has 0 fully saturated rings. The SMILES string of the molecule is COc1cc(C2C3=C(CCCC3=O)Nc3nc(-c4cccc(C)c4)nn32)ccc1OCc1ccccc1. The molecule has 4 aromatic rings. The number of nitrogens with one attached hydrogen (secondary N) is 1. The summed E-state index contributed by atoms with van der Waals surface area (Å²) in [5.74, 6) is 2.65. The quantitative estimate of drug-likeness (QED) is 0.363. The Morgan fingerprint density at radius 1 is 1.00 bits per heavy atom. The molecule has 1 N–H and O–H groups in total. The van der Waals surface area contributed by atoms with Crippen LogP contribution in [0.25, 0.3) is 11.4 Å². The van der Waals surface area contributed by atoms with Gasteiger partial charge in [0.1, 0.15) is 12.6 Å². The number of hydrogen-bond acceptors (Lipinski definition) is 6. The van der Waals surface area contributed by atoms with Gasteiger partial charge in [0, 0.05) is 23.3 Å². The number of ketones is 1. The molecule has 0 spiro atoms. The van der Waals surface area contributed by atoms with Gasteiger partial charge in [-0.05, 0) is 49.1 Å². The number of anilines is 1. The van der Waals surface area contributed by atoms with Crippen molar-refractivity contribution in [2.75, 3.05) is 12.4 Å². The lowest BCUT2D eigenvalue weighted by Crippen LogP contribution is -2.31. The van der Waals surface area contributed by atoms with E-state index in [-0.39, 0.29) is 5.78 Å². The van der Waals surface area contributed by atoms with Crippen LogP contribution in [0.15, 0.2) is 84.1 Å². The van der Waals surface area contributed by atoms with E-state index in [4.69, 9.17) is 19.6 Å². The predicted molar refractivity (Wildman–Crippen MR) is 142 cm³/mol. The predicted octanol–water partition coefficient (Wildman–Crippen LogP) is 5.86. The number of methoxy groups -OCH3 is 1. The van der Waals surface area contributed by atoms with Crippen LogP contribution >= 0.6 is 0 Å². The molecule has 186 valence electrons. The minimum atomic E-state index is -0.401. The Labute approximate surface area is 215 Å². The lowest BCUT2D eigenvalue weighted by atomic mass is 9.85. The van der Waals surface area contributed by atoms with Gasteiger partial charge >= 0.3 is 0 Å². The third kappa shape index (κ3) is 4.37. The Balaban J connectivity index is 1.40. The standard InChI is InChI=1S/C30H28N4O3/c1-19-8-6-11-22(16-19)29-32-30-31-23-12-7-13-24(35)27(23)28(34(30)33-29)21-14-15-25(26(17-21)36-2)37-18-20-9-4-3-5-10-20/h3-6,8-11,14-17,28H,7,12-13,18H2,1-2H3,(H,31,32,33). The van der Waals surface area contributed by atoms with Gasteiger partial charge in [0.2, 0.25) is 5.95 Å². The molecule has 3 aromatic carbocycles. The molecular formula is C30H28N4O3. The van der Waals surface area contributed by atoms with Crippen LogP contribution in [0, 0.1) is 6.92 Å². The Morgan fingerprint density at radius 2 is 1.86 bits per heavy atom. The Bertz CT molecular complexity index is 1510. The number of aromatic nitrogens is 3. The molecule has 2 aliphatic rings. The number of allylic oxidation sites excluding steroid dienone is 2. The van der Waals surface area contributed by atoms with Gasteiger partial charge in [0.05, 0.1) is 7.11 Å². The molecule has 1 aromatic heterocycles. The van der Waals surface area contributed by atoms with Crippen LogP contribution in [-0.4, -0.2) is 27.7 Å². The summed E-state index contributed by atoms with van der Waals surface area (Å²) in [5.41, 5.74) is 5.73. The molecule has 2 heterocycles. The molecule has 1 aliphatic heterocycles. The van der Waals surface area contributed by atoms with E-state index in [2.05, 4.69) is 11.4 Å². The number of aryl methyl sites for hydroxylation is 1. The Kier molecular flexibility index (Phi) is 5.96. The number of rotatable bonds is 6. The van der Waals surface area contributed by atoms with Crippen molar-refractivity contribution >= 4 is 11.7 Å². The van der Waals surface area contributed by atoms with Crippen molar-refractivity contribution in [2.45, 2.75) is 38.8 Å². The summed E-state index contributed by atoms with van der Waals surface area (Å²) >= 11 is 0. The molecule has 0 saturated heterocycles. The molecular weight excluding hydrogens is 464 g/mol. The highest BCUT2D eigenvalue weighted by molar-refractivity contribution is 5.99. The first-order valence-corrected chi connectivity index (χ1v) is 12.5. The molecule has 0 amide bonds. The second-order valence-electron chi connectivity index (χ2n) is 9.45. The van der Waals surface area contributed by atoms with Crippen LogP contribution in [0.2, 0.25) is 0 Å². The van der Waals surface area contributed by atoms with Crippen molar-refractivity contribution in [2.24, 2.45) is 0 Å². The molecule has 0 bridgehead atoms. The second-order valence-corrected chi connectivity index (χ2v) is 9.45. The number of hydrogen-bond donors (Lipinski definition) is 1. The molecule has 1 atom stereocenters. The van der Waals surface area contributed by atoms with Gasteiger partial charge in [-0.1, -0.05) is 60.2 Å². The van der Waals surface area contributed by atoms with Crippen molar-refractivity contribution in [1.29, 1.82) is 0 Å². The molecule has 7 heteroatoms. The molecule has 0 radical (unpaired) electrons. The van der Waals surface area contributed by atoms with Gasteiger partial charge < -0.3 is 14.8 Å². The Hall–Kier alpha value is -4.39. The van der Waals surface area contributed by atoms with Gasteiger partial charge in [-0.3, -0.25) is 4.79 Å². The number of benzene rings is 3. The maximum Gasteiger partial charge on any atom is 0.226 e. The number of Topliss-reactive ketones (excluding diaryl/α,β-unsaturated/α-hetero) is 1. The largest absolute Gasteiger partial charge is 0.493 e. The highest BCUT2D eigenvalue weighted by Gasteiger charge is 2.37. The van der Waals surface area contributed by atoms with E-state index in [9.17, 15) is 4.79 Å². The van der Waals surface area contributed by atoms with E-state index in [1.807, 2.05) is 78.3 Å². The first kappa shape index (κ1) is 23.0. The first-order chi connectivity index (χ1) is 18.1. The van der Waals surface area contributed by atoms with E-state index < -0.39 is 6.04 Å². The van der Waals surface area contributed by atoms with E-state index in [0.717, 1.165) is 46.4 Å². The fourth-order valence-corrected chi connectivity index (χ4v) is 5.08. The molecule has 37 heavy (non-hydrogen) atoms. The zero-order valence-corrected chi connectivity index (χ0v) is 20.9. The van der Waals surface area contributed by atoms with Crippen molar-refractivity contribution in [3.8, 4) is 22.9 Å². The van der Waals surface area contributed by atoms with E-state index in [0.29, 0.717) is 36.3 Å². The number of carbonyl (C=O) groups excluding carboxylic acids is 1. The van der Waals surface area contributed by atoms with E-state index in [1.54, 1.807) is 7.11 Å². The monoisotopic (exact) mass is 492 g/mol. The maximum absolute atomic E-state index is 13.2. The lowest BCUT2D eigenvalue weighted by molar-refractivity contribution is -0.116. The highest BCUT2D eigenvalue weighted by atomic mass is 16.5.